The molecule has 1 N–H and O–H groups in total. The van der Waals surface area contributed by atoms with Gasteiger partial charge in [-0.2, -0.15) is 0 Å². The molecule has 2 atom stereocenters. The zero-order valence-corrected chi connectivity index (χ0v) is 19.9. The molecule has 3 aromatic carbocycles. The average molecular weight is 480 g/mol. The van der Waals surface area contributed by atoms with Gasteiger partial charge in [0.1, 0.15) is 17.3 Å². The molecular weight excluding hydrogens is 451 g/mol. The summed E-state index contributed by atoms with van der Waals surface area (Å²) in [6.45, 7) is 4.85. The van der Waals surface area contributed by atoms with Gasteiger partial charge < -0.3 is 5.11 Å². The molecule has 0 amide bonds. The van der Waals surface area contributed by atoms with Crippen LogP contribution in [0.1, 0.15) is 49.1 Å². The smallest absolute Gasteiger partial charge is 0.328 e. The minimum atomic E-state index is -1.58. The van der Waals surface area contributed by atoms with Gasteiger partial charge in [0, 0.05) is 24.2 Å². The summed E-state index contributed by atoms with van der Waals surface area (Å²) in [5.41, 5.74) is 2.10. The highest BCUT2D eigenvalue weighted by atomic mass is 19.1. The van der Waals surface area contributed by atoms with Crippen molar-refractivity contribution in [2.45, 2.75) is 44.9 Å². The van der Waals surface area contributed by atoms with E-state index >= 15 is 8.78 Å². The van der Waals surface area contributed by atoms with E-state index in [1.807, 2.05) is 60.4 Å². The van der Waals surface area contributed by atoms with E-state index < -0.39 is 29.3 Å². The molecule has 0 unspecified atom stereocenters. The lowest BCUT2D eigenvalue weighted by Gasteiger charge is -2.44. The number of carbonyl (C=O) groups is 1. The molecule has 1 aliphatic rings. The van der Waals surface area contributed by atoms with E-state index in [4.69, 9.17) is 5.11 Å². The Kier molecular flexibility index (Phi) is 6.86. The Morgan fingerprint density at radius 1 is 1.06 bits per heavy atom. The molecule has 4 rings (SSSR count). The fraction of sp³-hybridized carbons (Fsp3) is 0.276. The summed E-state index contributed by atoms with van der Waals surface area (Å²) in [4.78, 5) is 12.6. The van der Waals surface area contributed by atoms with Crippen LogP contribution < -0.4 is 0 Å². The molecular formula is C29H28F3NO2. The van der Waals surface area contributed by atoms with Crippen molar-refractivity contribution in [2.24, 2.45) is 0 Å². The molecule has 0 aromatic heterocycles. The predicted molar refractivity (Wildman–Crippen MR) is 132 cm³/mol. The number of halogens is 3. The van der Waals surface area contributed by atoms with Crippen LogP contribution in [0.25, 0.3) is 17.2 Å². The number of fused-ring (bicyclic) bond motifs is 1. The Morgan fingerprint density at radius 2 is 1.71 bits per heavy atom. The van der Waals surface area contributed by atoms with E-state index in [0.717, 1.165) is 46.5 Å². The lowest BCUT2D eigenvalue weighted by atomic mass is 9.82. The van der Waals surface area contributed by atoms with E-state index in [9.17, 15) is 9.18 Å². The molecule has 6 heteroatoms. The first-order valence-electron chi connectivity index (χ1n) is 11.6. The van der Waals surface area contributed by atoms with Gasteiger partial charge in [0.05, 0.1) is 6.04 Å². The molecule has 35 heavy (non-hydrogen) atoms. The van der Waals surface area contributed by atoms with Gasteiger partial charge in [-0.1, -0.05) is 48.5 Å². The number of hydrogen-bond acceptors (Lipinski definition) is 2. The first-order valence-corrected chi connectivity index (χ1v) is 11.6. The van der Waals surface area contributed by atoms with Gasteiger partial charge in [-0.25, -0.2) is 18.0 Å². The second-order valence-electron chi connectivity index (χ2n) is 9.70. The molecule has 0 saturated carbocycles. The van der Waals surface area contributed by atoms with Crippen LogP contribution in [0.4, 0.5) is 13.2 Å². The van der Waals surface area contributed by atoms with Crippen molar-refractivity contribution < 1.29 is 23.1 Å². The van der Waals surface area contributed by atoms with Crippen LogP contribution in [0.15, 0.2) is 66.7 Å². The summed E-state index contributed by atoms with van der Waals surface area (Å²) in [5.74, 6) is -2.81. The number of rotatable bonds is 6. The highest BCUT2D eigenvalue weighted by Crippen LogP contribution is 2.42. The number of carboxylic acids is 1. The maximum absolute atomic E-state index is 15.4. The topological polar surface area (TPSA) is 40.5 Å². The molecule has 3 aromatic rings. The first kappa shape index (κ1) is 24.7. The molecule has 1 heterocycles. The molecule has 0 fully saturated rings. The quantitative estimate of drug-likeness (QED) is 0.395. The van der Waals surface area contributed by atoms with Crippen molar-refractivity contribution in [3.8, 4) is 11.1 Å². The van der Waals surface area contributed by atoms with Crippen molar-refractivity contribution in [3.63, 3.8) is 0 Å². The second-order valence-corrected chi connectivity index (χ2v) is 9.70. The van der Waals surface area contributed by atoms with Crippen molar-refractivity contribution in [1.82, 2.24) is 4.90 Å². The number of nitrogens with zero attached hydrogens (tertiary/aromatic N) is 1. The fourth-order valence-electron chi connectivity index (χ4n) is 4.86. The van der Waals surface area contributed by atoms with Crippen LogP contribution in [-0.2, 0) is 11.2 Å². The molecule has 0 aliphatic carbocycles. The van der Waals surface area contributed by atoms with Crippen LogP contribution in [0, 0.1) is 11.6 Å². The molecule has 1 aliphatic heterocycles. The van der Waals surface area contributed by atoms with Crippen molar-refractivity contribution in [2.75, 3.05) is 6.54 Å². The van der Waals surface area contributed by atoms with Crippen molar-refractivity contribution in [3.05, 3.63) is 101 Å². The van der Waals surface area contributed by atoms with Gasteiger partial charge in [0.2, 0.25) is 0 Å². The Morgan fingerprint density at radius 3 is 2.31 bits per heavy atom. The highest BCUT2D eigenvalue weighted by Gasteiger charge is 2.39. The summed E-state index contributed by atoms with van der Waals surface area (Å²) in [5, 5.41) is 8.84. The third-order valence-electron chi connectivity index (χ3n) is 6.31. The minimum absolute atomic E-state index is 0.00173. The van der Waals surface area contributed by atoms with E-state index in [1.54, 1.807) is 0 Å². The van der Waals surface area contributed by atoms with Crippen LogP contribution in [-0.4, -0.2) is 34.2 Å². The third kappa shape index (κ3) is 5.49. The standard InChI is InChI=1S/C29H28F3NO2/c1-18-13-22-16-21(20-7-5-4-6-8-20)10-11-23(22)28(33(18)17-29(2,3)32)27-24(30)14-19(15-25(27)31)9-12-26(34)35/h4-12,14-16,18,28H,13,17H2,1-3H3,(H,34,35)/b12-9+/t18-,28+/m1/s1. The monoisotopic (exact) mass is 479 g/mol. The van der Waals surface area contributed by atoms with Crippen molar-refractivity contribution in [1.29, 1.82) is 0 Å². The Bertz CT molecular complexity index is 1240. The zero-order valence-electron chi connectivity index (χ0n) is 19.9. The van der Waals surface area contributed by atoms with Crippen LogP contribution >= 0.6 is 0 Å². The zero-order chi connectivity index (χ0) is 25.3. The van der Waals surface area contributed by atoms with Gasteiger partial charge in [-0.15, -0.1) is 0 Å². The van der Waals surface area contributed by atoms with Crippen LogP contribution in [0.2, 0.25) is 0 Å². The fourth-order valence-corrected chi connectivity index (χ4v) is 4.86. The summed E-state index contributed by atoms with van der Waals surface area (Å²) in [7, 11) is 0. The van der Waals surface area contributed by atoms with E-state index in [0.29, 0.717) is 6.42 Å². The maximum atomic E-state index is 15.4. The van der Waals surface area contributed by atoms with Gasteiger partial charge in [-0.3, -0.25) is 4.90 Å². The van der Waals surface area contributed by atoms with Crippen molar-refractivity contribution >= 4 is 12.0 Å². The largest absolute Gasteiger partial charge is 0.478 e. The number of hydrogen-bond donors (Lipinski definition) is 1. The molecule has 182 valence electrons. The molecule has 0 radical (unpaired) electrons. The van der Waals surface area contributed by atoms with Crippen LogP contribution in [0.5, 0.6) is 0 Å². The Balaban J connectivity index is 1.86. The van der Waals surface area contributed by atoms with Crippen LogP contribution in [0.3, 0.4) is 0 Å². The normalized spacial score (nSPS) is 18.6. The molecule has 0 bridgehead atoms. The van der Waals surface area contributed by atoms with E-state index in [-0.39, 0.29) is 23.7 Å². The summed E-state index contributed by atoms with van der Waals surface area (Å²) >= 11 is 0. The highest BCUT2D eigenvalue weighted by molar-refractivity contribution is 5.85. The minimum Gasteiger partial charge on any atom is -0.478 e. The summed E-state index contributed by atoms with van der Waals surface area (Å²) in [6, 6.07) is 17.0. The van der Waals surface area contributed by atoms with Gasteiger partial charge in [-0.05, 0) is 73.2 Å². The maximum Gasteiger partial charge on any atom is 0.328 e. The average Bonchev–Trinajstić information content (AvgIpc) is 2.78. The SMILES string of the molecule is C[C@@H]1Cc2cc(-c3ccccc3)ccc2[C@@H](c2c(F)cc(/C=C/C(=O)O)cc2F)N1CC(C)(C)F. The number of carboxylic acid groups (broad SMARTS) is 1. The van der Waals surface area contributed by atoms with Gasteiger partial charge in [0.15, 0.2) is 0 Å². The molecule has 0 saturated heterocycles. The second kappa shape index (κ2) is 9.70. The Hall–Kier alpha value is -3.38. The summed E-state index contributed by atoms with van der Waals surface area (Å²) in [6.07, 6.45) is 2.59. The lowest BCUT2D eigenvalue weighted by molar-refractivity contribution is -0.131. The van der Waals surface area contributed by atoms with Gasteiger partial charge in [0.25, 0.3) is 0 Å². The lowest BCUT2D eigenvalue weighted by Crippen LogP contribution is -2.48. The third-order valence-corrected chi connectivity index (χ3v) is 6.31. The molecule has 3 nitrogen and oxygen atoms in total. The predicted octanol–water partition coefficient (Wildman–Crippen LogP) is 6.81. The number of alkyl halides is 1. The van der Waals surface area contributed by atoms with E-state index in [1.165, 1.54) is 13.8 Å². The first-order chi connectivity index (χ1) is 16.5. The number of aliphatic carboxylic acids is 1. The van der Waals surface area contributed by atoms with Gasteiger partial charge >= 0.3 is 5.97 Å². The summed E-state index contributed by atoms with van der Waals surface area (Å²) < 4.78 is 45.7. The Labute approximate surface area is 203 Å². The van der Waals surface area contributed by atoms with E-state index in [2.05, 4.69) is 0 Å². The number of benzene rings is 3. The molecule has 0 spiro atoms.